The summed E-state index contributed by atoms with van der Waals surface area (Å²) in [5, 5.41) is 11.7. The molecular formula is C15H30N2O3. The maximum atomic E-state index is 11.9. The summed E-state index contributed by atoms with van der Waals surface area (Å²) in [5.41, 5.74) is 0. The van der Waals surface area contributed by atoms with Crippen LogP contribution >= 0.6 is 0 Å². The van der Waals surface area contributed by atoms with E-state index in [0.717, 1.165) is 38.8 Å². The van der Waals surface area contributed by atoms with E-state index in [1.807, 2.05) is 6.92 Å². The maximum absolute atomic E-state index is 11.9. The fourth-order valence-corrected chi connectivity index (χ4v) is 2.34. The summed E-state index contributed by atoms with van der Waals surface area (Å²) < 4.78 is 0. The van der Waals surface area contributed by atoms with E-state index in [4.69, 9.17) is 5.11 Å². The van der Waals surface area contributed by atoms with Crippen LogP contribution in [0.4, 0.5) is 4.79 Å². The number of carbonyl (C=O) groups excluding carboxylic acids is 1. The third-order valence-electron chi connectivity index (χ3n) is 3.45. The second-order valence-corrected chi connectivity index (χ2v) is 5.19. The van der Waals surface area contributed by atoms with Crippen LogP contribution in [0, 0.1) is 5.92 Å². The molecule has 0 fully saturated rings. The van der Waals surface area contributed by atoms with Gasteiger partial charge in [-0.25, -0.2) is 4.79 Å². The van der Waals surface area contributed by atoms with Gasteiger partial charge in [-0.05, 0) is 32.1 Å². The highest BCUT2D eigenvalue weighted by Gasteiger charge is 2.13. The van der Waals surface area contributed by atoms with Gasteiger partial charge in [0.1, 0.15) is 0 Å². The van der Waals surface area contributed by atoms with E-state index >= 15 is 0 Å². The summed E-state index contributed by atoms with van der Waals surface area (Å²) >= 11 is 0. The molecule has 0 aliphatic carbocycles. The molecule has 0 rings (SSSR count). The minimum atomic E-state index is -0.741. The second kappa shape index (κ2) is 11.6. The number of carbonyl (C=O) groups is 2. The van der Waals surface area contributed by atoms with Gasteiger partial charge in [-0.2, -0.15) is 0 Å². The first kappa shape index (κ1) is 18.7. The van der Waals surface area contributed by atoms with Gasteiger partial charge < -0.3 is 15.3 Å². The van der Waals surface area contributed by atoms with Crippen molar-refractivity contribution in [2.75, 3.05) is 19.6 Å². The van der Waals surface area contributed by atoms with Gasteiger partial charge in [-0.1, -0.05) is 26.7 Å². The van der Waals surface area contributed by atoms with Crippen molar-refractivity contribution in [2.24, 2.45) is 5.92 Å². The lowest BCUT2D eigenvalue weighted by molar-refractivity contribution is -0.137. The number of hydrogen-bond donors (Lipinski definition) is 2. The largest absolute Gasteiger partial charge is 0.481 e. The third kappa shape index (κ3) is 8.77. The predicted molar refractivity (Wildman–Crippen MR) is 80.8 cm³/mol. The highest BCUT2D eigenvalue weighted by molar-refractivity contribution is 5.74. The lowest BCUT2D eigenvalue weighted by Gasteiger charge is -2.22. The van der Waals surface area contributed by atoms with Gasteiger partial charge >= 0.3 is 12.0 Å². The third-order valence-corrected chi connectivity index (χ3v) is 3.45. The molecule has 118 valence electrons. The van der Waals surface area contributed by atoms with Crippen LogP contribution in [-0.2, 0) is 4.79 Å². The van der Waals surface area contributed by atoms with Crippen LogP contribution in [0.2, 0.25) is 0 Å². The number of amides is 2. The molecular weight excluding hydrogens is 256 g/mol. The van der Waals surface area contributed by atoms with Gasteiger partial charge in [0.05, 0.1) is 0 Å². The first-order chi connectivity index (χ1) is 9.54. The van der Waals surface area contributed by atoms with E-state index < -0.39 is 5.97 Å². The number of aliphatic carboxylic acids is 1. The molecule has 0 aliphatic heterocycles. The summed E-state index contributed by atoms with van der Waals surface area (Å²) in [4.78, 5) is 24.3. The van der Waals surface area contributed by atoms with Crippen LogP contribution in [0.1, 0.15) is 59.3 Å². The normalized spacial score (nSPS) is 11.9. The van der Waals surface area contributed by atoms with Crippen molar-refractivity contribution in [3.05, 3.63) is 0 Å². The van der Waals surface area contributed by atoms with Gasteiger partial charge in [-0.15, -0.1) is 0 Å². The zero-order valence-corrected chi connectivity index (χ0v) is 13.2. The van der Waals surface area contributed by atoms with E-state index in [-0.39, 0.29) is 12.5 Å². The van der Waals surface area contributed by atoms with Gasteiger partial charge in [-0.3, -0.25) is 4.79 Å². The maximum Gasteiger partial charge on any atom is 0.317 e. The summed E-state index contributed by atoms with van der Waals surface area (Å²) in [6, 6.07) is -0.0113. The first-order valence-electron chi connectivity index (χ1n) is 7.79. The minimum Gasteiger partial charge on any atom is -0.481 e. The number of urea groups is 1. The molecule has 0 radical (unpaired) electrons. The van der Waals surface area contributed by atoms with E-state index in [0.29, 0.717) is 18.9 Å². The summed E-state index contributed by atoms with van der Waals surface area (Å²) in [6.07, 6.45) is 4.81. The first-order valence-corrected chi connectivity index (χ1v) is 7.79. The Labute approximate surface area is 122 Å². The van der Waals surface area contributed by atoms with E-state index in [1.54, 1.807) is 4.90 Å². The number of carboxylic acid groups (broad SMARTS) is 1. The van der Waals surface area contributed by atoms with Crippen molar-refractivity contribution in [1.82, 2.24) is 10.2 Å². The smallest absolute Gasteiger partial charge is 0.317 e. The molecule has 0 bridgehead atoms. The molecule has 1 unspecified atom stereocenters. The average molecular weight is 286 g/mol. The lowest BCUT2D eigenvalue weighted by atomic mass is 9.94. The Bertz CT molecular complexity index is 282. The fraction of sp³-hybridized carbons (Fsp3) is 0.867. The van der Waals surface area contributed by atoms with Crippen LogP contribution in [0.25, 0.3) is 0 Å². The Morgan fingerprint density at radius 3 is 2.30 bits per heavy atom. The molecule has 0 aliphatic rings. The van der Waals surface area contributed by atoms with E-state index in [9.17, 15) is 9.59 Å². The Hall–Kier alpha value is -1.26. The molecule has 0 saturated carbocycles. The molecule has 0 aromatic heterocycles. The van der Waals surface area contributed by atoms with Crippen LogP contribution in [0.15, 0.2) is 0 Å². The van der Waals surface area contributed by atoms with Crippen molar-refractivity contribution < 1.29 is 14.7 Å². The van der Waals surface area contributed by atoms with Gasteiger partial charge in [0.2, 0.25) is 0 Å². The molecule has 0 heterocycles. The number of carboxylic acids is 1. The molecule has 1 atom stereocenters. The fourth-order valence-electron chi connectivity index (χ4n) is 2.34. The van der Waals surface area contributed by atoms with Gasteiger partial charge in [0.15, 0.2) is 0 Å². The highest BCUT2D eigenvalue weighted by Crippen LogP contribution is 2.17. The van der Waals surface area contributed by atoms with Crippen molar-refractivity contribution in [2.45, 2.75) is 59.3 Å². The number of nitrogens with one attached hydrogen (secondary N) is 1. The highest BCUT2D eigenvalue weighted by atomic mass is 16.4. The molecule has 5 heteroatoms. The quantitative estimate of drug-likeness (QED) is 0.613. The second-order valence-electron chi connectivity index (χ2n) is 5.19. The Morgan fingerprint density at radius 1 is 1.10 bits per heavy atom. The number of hydrogen-bond acceptors (Lipinski definition) is 2. The molecule has 0 aromatic carbocycles. The zero-order chi connectivity index (χ0) is 15.4. The van der Waals surface area contributed by atoms with Crippen molar-refractivity contribution in [3.63, 3.8) is 0 Å². The van der Waals surface area contributed by atoms with Crippen molar-refractivity contribution in [3.8, 4) is 0 Å². The van der Waals surface area contributed by atoms with Gasteiger partial charge in [0, 0.05) is 26.1 Å². The standard InChI is InChI=1S/C15H30N2O3/c1-4-7-13(8-9-14(18)19)10-11-16-15(20)17(6-3)12-5-2/h13H,4-12H2,1-3H3,(H,16,20)(H,18,19). The SMILES string of the molecule is CCCC(CCNC(=O)N(CC)CCC)CCC(=O)O. The molecule has 2 N–H and O–H groups in total. The predicted octanol–water partition coefficient (Wildman–Crippen LogP) is 3.10. The number of nitrogens with zero attached hydrogens (tertiary/aromatic N) is 1. The Balaban J connectivity index is 4.02. The molecule has 0 saturated heterocycles. The molecule has 2 amide bonds. The molecule has 0 spiro atoms. The van der Waals surface area contributed by atoms with Crippen molar-refractivity contribution in [1.29, 1.82) is 0 Å². The molecule has 0 aromatic rings. The van der Waals surface area contributed by atoms with Crippen LogP contribution < -0.4 is 5.32 Å². The van der Waals surface area contributed by atoms with Crippen LogP contribution in [-0.4, -0.2) is 41.6 Å². The number of rotatable bonds is 11. The van der Waals surface area contributed by atoms with Gasteiger partial charge in [0.25, 0.3) is 0 Å². The Morgan fingerprint density at radius 2 is 1.80 bits per heavy atom. The van der Waals surface area contributed by atoms with Crippen LogP contribution in [0.5, 0.6) is 0 Å². The summed E-state index contributed by atoms with van der Waals surface area (Å²) in [6.45, 7) is 8.26. The summed E-state index contributed by atoms with van der Waals surface area (Å²) in [7, 11) is 0. The summed E-state index contributed by atoms with van der Waals surface area (Å²) in [5.74, 6) is -0.354. The average Bonchev–Trinajstić information content (AvgIpc) is 2.41. The lowest BCUT2D eigenvalue weighted by Crippen LogP contribution is -2.41. The van der Waals surface area contributed by atoms with Crippen molar-refractivity contribution >= 4 is 12.0 Å². The molecule has 20 heavy (non-hydrogen) atoms. The van der Waals surface area contributed by atoms with Crippen LogP contribution in [0.3, 0.4) is 0 Å². The Kier molecular flexibility index (Phi) is 10.8. The monoisotopic (exact) mass is 286 g/mol. The topological polar surface area (TPSA) is 69.6 Å². The van der Waals surface area contributed by atoms with E-state index in [2.05, 4.69) is 19.2 Å². The zero-order valence-electron chi connectivity index (χ0n) is 13.2. The van der Waals surface area contributed by atoms with E-state index in [1.165, 1.54) is 0 Å². The minimum absolute atomic E-state index is 0.0113. The molecule has 5 nitrogen and oxygen atoms in total.